The first-order chi connectivity index (χ1) is 14.7. The number of ether oxygens (including phenoxy) is 1. The third-order valence-corrected chi connectivity index (χ3v) is 4.82. The van der Waals surface area contributed by atoms with Crippen molar-refractivity contribution in [3.8, 4) is 11.5 Å². The molecule has 0 bridgehead atoms. The lowest BCUT2D eigenvalue weighted by molar-refractivity contribution is 0.415. The minimum absolute atomic E-state index is 0.225. The topological polar surface area (TPSA) is 32.7 Å². The summed E-state index contributed by atoms with van der Waals surface area (Å²) in [6.07, 6.45) is 4.20. The number of aromatic hydroxyl groups is 1. The molecule has 0 aliphatic rings. The van der Waals surface area contributed by atoms with E-state index in [0.29, 0.717) is 0 Å². The van der Waals surface area contributed by atoms with Gasteiger partial charge in [-0.15, -0.1) is 0 Å². The summed E-state index contributed by atoms with van der Waals surface area (Å²) in [5.74, 6) is 1.00. The van der Waals surface area contributed by atoms with Crippen molar-refractivity contribution < 1.29 is 9.84 Å². The van der Waals surface area contributed by atoms with Crippen LogP contribution in [0.15, 0.2) is 103 Å². The third-order valence-electron chi connectivity index (χ3n) is 4.82. The quantitative estimate of drug-likeness (QED) is 0.357. The monoisotopic (exact) mass is 393 g/mol. The van der Waals surface area contributed by atoms with Gasteiger partial charge in [-0.3, -0.25) is 0 Å². The van der Waals surface area contributed by atoms with Gasteiger partial charge >= 0.3 is 0 Å². The normalized spacial score (nSPS) is 10.8. The molecule has 3 heteroatoms. The number of anilines is 3. The van der Waals surface area contributed by atoms with Gasteiger partial charge in [-0.05, 0) is 47.5 Å². The molecule has 0 spiro atoms. The highest BCUT2D eigenvalue weighted by molar-refractivity contribution is 5.79. The highest BCUT2D eigenvalue weighted by atomic mass is 16.5. The number of hydrogen-bond acceptors (Lipinski definition) is 3. The molecular weight excluding hydrogens is 370 g/mol. The van der Waals surface area contributed by atoms with Crippen LogP contribution >= 0.6 is 0 Å². The molecule has 3 nitrogen and oxygen atoms in total. The maximum absolute atomic E-state index is 10.0. The van der Waals surface area contributed by atoms with Crippen LogP contribution in [-0.2, 0) is 0 Å². The Morgan fingerprint density at radius 3 is 1.93 bits per heavy atom. The zero-order chi connectivity index (χ0) is 20.8. The smallest absolute Gasteiger partial charge is 0.120 e. The van der Waals surface area contributed by atoms with E-state index in [1.54, 1.807) is 19.2 Å². The molecule has 0 atom stereocenters. The lowest BCUT2D eigenvalue weighted by atomic mass is 10.1. The summed E-state index contributed by atoms with van der Waals surface area (Å²) in [5, 5.41) is 10.0. The van der Waals surface area contributed by atoms with Gasteiger partial charge in [0.15, 0.2) is 0 Å². The first-order valence-corrected chi connectivity index (χ1v) is 9.79. The van der Waals surface area contributed by atoms with Crippen molar-refractivity contribution in [3.05, 3.63) is 114 Å². The number of benzene rings is 4. The zero-order valence-electron chi connectivity index (χ0n) is 16.8. The molecule has 0 amide bonds. The fraction of sp³-hybridized carbons (Fsp3) is 0.0370. The van der Waals surface area contributed by atoms with Crippen molar-refractivity contribution >= 4 is 29.2 Å². The largest absolute Gasteiger partial charge is 0.508 e. The van der Waals surface area contributed by atoms with Gasteiger partial charge in [0.2, 0.25) is 0 Å². The Morgan fingerprint density at radius 2 is 1.27 bits per heavy atom. The number of phenolic OH excluding ortho intramolecular Hbond substituents is 1. The van der Waals surface area contributed by atoms with Gasteiger partial charge in [0.25, 0.3) is 0 Å². The van der Waals surface area contributed by atoms with Gasteiger partial charge in [-0.2, -0.15) is 0 Å². The van der Waals surface area contributed by atoms with E-state index in [1.165, 1.54) is 5.56 Å². The van der Waals surface area contributed by atoms with Crippen molar-refractivity contribution in [1.82, 2.24) is 0 Å². The second-order valence-corrected chi connectivity index (χ2v) is 6.89. The van der Waals surface area contributed by atoms with Gasteiger partial charge in [-0.1, -0.05) is 66.7 Å². The standard InChI is InChI=1S/C27H23NO2/c1-30-27-12-6-10-25(20-27)28(24-9-5-11-26(29)19-24)23-17-15-22(16-18-23)14-13-21-7-3-2-4-8-21/h2-20,29H,1H3. The van der Waals surface area contributed by atoms with Crippen molar-refractivity contribution in [2.45, 2.75) is 0 Å². The maximum Gasteiger partial charge on any atom is 0.120 e. The van der Waals surface area contributed by atoms with Crippen LogP contribution in [-0.4, -0.2) is 12.2 Å². The number of rotatable bonds is 6. The SMILES string of the molecule is COc1cccc(N(c2ccc(C=Cc3ccccc3)cc2)c2cccc(O)c2)c1. The van der Waals surface area contributed by atoms with Crippen molar-refractivity contribution in [3.63, 3.8) is 0 Å². The van der Waals surface area contributed by atoms with Crippen LogP contribution in [0.25, 0.3) is 12.2 Å². The van der Waals surface area contributed by atoms with Crippen LogP contribution in [0.3, 0.4) is 0 Å². The minimum Gasteiger partial charge on any atom is -0.508 e. The number of phenols is 1. The first-order valence-electron chi connectivity index (χ1n) is 9.79. The van der Waals surface area contributed by atoms with Gasteiger partial charge in [0.05, 0.1) is 7.11 Å². The Morgan fingerprint density at radius 1 is 0.633 bits per heavy atom. The molecule has 30 heavy (non-hydrogen) atoms. The average molecular weight is 393 g/mol. The lowest BCUT2D eigenvalue weighted by Crippen LogP contribution is -2.09. The summed E-state index contributed by atoms with van der Waals surface area (Å²) in [7, 11) is 1.66. The van der Waals surface area contributed by atoms with E-state index in [1.807, 2.05) is 54.6 Å². The fourth-order valence-electron chi connectivity index (χ4n) is 3.32. The van der Waals surface area contributed by atoms with Crippen LogP contribution in [0, 0.1) is 0 Å². The molecule has 0 aromatic heterocycles. The van der Waals surface area contributed by atoms with E-state index >= 15 is 0 Å². The highest BCUT2D eigenvalue weighted by Crippen LogP contribution is 2.37. The average Bonchev–Trinajstić information content (AvgIpc) is 2.80. The van der Waals surface area contributed by atoms with Crippen molar-refractivity contribution in [2.75, 3.05) is 12.0 Å². The van der Waals surface area contributed by atoms with E-state index in [0.717, 1.165) is 28.4 Å². The molecule has 4 rings (SSSR count). The maximum atomic E-state index is 10.0. The summed E-state index contributed by atoms with van der Waals surface area (Å²) < 4.78 is 5.41. The van der Waals surface area contributed by atoms with Crippen LogP contribution < -0.4 is 9.64 Å². The second-order valence-electron chi connectivity index (χ2n) is 6.89. The number of nitrogens with zero attached hydrogens (tertiary/aromatic N) is 1. The predicted octanol–water partition coefficient (Wildman–Crippen LogP) is 7.04. The van der Waals surface area contributed by atoms with Crippen LogP contribution in [0.2, 0.25) is 0 Å². The van der Waals surface area contributed by atoms with E-state index in [4.69, 9.17) is 4.74 Å². The molecule has 1 N–H and O–H groups in total. The predicted molar refractivity (Wildman–Crippen MR) is 125 cm³/mol. The molecule has 0 saturated carbocycles. The third kappa shape index (κ3) is 4.53. The summed E-state index contributed by atoms with van der Waals surface area (Å²) in [5.41, 5.74) is 5.09. The Hall–Kier alpha value is -3.98. The molecule has 0 radical (unpaired) electrons. The Labute approximate surface area is 177 Å². The van der Waals surface area contributed by atoms with Crippen LogP contribution in [0.5, 0.6) is 11.5 Å². The molecule has 4 aromatic rings. The summed E-state index contributed by atoms with van der Waals surface area (Å²) in [6.45, 7) is 0. The molecule has 0 aliphatic heterocycles. The van der Waals surface area contributed by atoms with Crippen molar-refractivity contribution in [2.24, 2.45) is 0 Å². The summed E-state index contributed by atoms with van der Waals surface area (Å²) >= 11 is 0. The van der Waals surface area contributed by atoms with Crippen molar-refractivity contribution in [1.29, 1.82) is 0 Å². The molecule has 0 unspecified atom stereocenters. The minimum atomic E-state index is 0.225. The van der Waals surface area contributed by atoms with E-state index < -0.39 is 0 Å². The molecule has 0 aliphatic carbocycles. The van der Waals surface area contributed by atoms with Crippen LogP contribution in [0.4, 0.5) is 17.1 Å². The van der Waals surface area contributed by atoms with Crippen LogP contribution in [0.1, 0.15) is 11.1 Å². The van der Waals surface area contributed by atoms with E-state index in [9.17, 15) is 5.11 Å². The molecule has 0 heterocycles. The molecule has 148 valence electrons. The summed E-state index contributed by atoms with van der Waals surface area (Å²) in [4.78, 5) is 2.09. The van der Waals surface area contributed by atoms with E-state index in [2.05, 4.69) is 53.5 Å². The van der Waals surface area contributed by atoms with Gasteiger partial charge in [0.1, 0.15) is 11.5 Å². The number of hydrogen-bond donors (Lipinski definition) is 1. The lowest BCUT2D eigenvalue weighted by Gasteiger charge is -2.26. The Kier molecular flexibility index (Phi) is 5.81. The van der Waals surface area contributed by atoms with Gasteiger partial charge in [0, 0.05) is 29.2 Å². The highest BCUT2D eigenvalue weighted by Gasteiger charge is 2.13. The molecule has 0 saturated heterocycles. The fourth-order valence-corrected chi connectivity index (χ4v) is 3.32. The zero-order valence-corrected chi connectivity index (χ0v) is 16.8. The second kappa shape index (κ2) is 9.01. The molecule has 0 fully saturated rings. The van der Waals surface area contributed by atoms with Gasteiger partial charge < -0.3 is 14.7 Å². The van der Waals surface area contributed by atoms with E-state index in [-0.39, 0.29) is 5.75 Å². The number of methoxy groups -OCH3 is 1. The van der Waals surface area contributed by atoms with Gasteiger partial charge in [-0.25, -0.2) is 0 Å². The molecule has 4 aromatic carbocycles. The molecular formula is C27H23NO2. The Bertz CT molecular complexity index is 1130. The first kappa shape index (κ1) is 19.3. The Balaban J connectivity index is 1.69. The summed E-state index contributed by atoms with van der Waals surface area (Å²) in [6, 6.07) is 33.7.